The van der Waals surface area contributed by atoms with Gasteiger partial charge in [-0.3, -0.25) is 0 Å². The quantitative estimate of drug-likeness (QED) is 0.479. The molecule has 2 heterocycles. The Bertz CT molecular complexity index is 1370. The zero-order chi connectivity index (χ0) is 21.6. The maximum absolute atomic E-state index is 13.4. The number of fused-ring (bicyclic) bond motifs is 1. The Balaban J connectivity index is 1.71. The molecule has 0 saturated heterocycles. The average molecular weight is 433 g/mol. The van der Waals surface area contributed by atoms with Crippen molar-refractivity contribution in [2.45, 2.75) is 38.5 Å². The van der Waals surface area contributed by atoms with E-state index in [1.165, 1.54) is 3.97 Å². The van der Waals surface area contributed by atoms with Crippen LogP contribution in [-0.2, 0) is 15.8 Å². The van der Waals surface area contributed by atoms with Gasteiger partial charge in [0.2, 0.25) is 10.0 Å². The number of hydrogen-bond acceptors (Lipinski definition) is 5. The van der Waals surface area contributed by atoms with Crippen molar-refractivity contribution in [1.82, 2.24) is 13.9 Å². The highest BCUT2D eigenvalue weighted by Gasteiger charge is 2.27. The van der Waals surface area contributed by atoms with Gasteiger partial charge < -0.3 is 5.32 Å². The topological polar surface area (TPSA) is 76.9 Å². The van der Waals surface area contributed by atoms with Crippen LogP contribution in [0.4, 0.5) is 5.82 Å². The molecule has 31 heavy (non-hydrogen) atoms. The summed E-state index contributed by atoms with van der Waals surface area (Å²) in [6.07, 6.45) is 2.19. The number of aryl methyl sites for hydroxylation is 2. The molecule has 0 amide bonds. The number of benzene rings is 2. The Morgan fingerprint density at radius 3 is 2.42 bits per heavy atom. The maximum Gasteiger partial charge on any atom is 0.244 e. The monoisotopic (exact) mass is 432 g/mol. The van der Waals surface area contributed by atoms with E-state index in [0.29, 0.717) is 29.0 Å². The van der Waals surface area contributed by atoms with E-state index in [9.17, 15) is 8.42 Å². The Morgan fingerprint density at radius 2 is 1.71 bits per heavy atom. The second-order valence-electron chi connectivity index (χ2n) is 8.16. The van der Waals surface area contributed by atoms with Crippen LogP contribution in [0.15, 0.2) is 60.7 Å². The van der Waals surface area contributed by atoms with Crippen LogP contribution in [0.25, 0.3) is 22.4 Å². The Labute approximate surface area is 182 Å². The van der Waals surface area contributed by atoms with Crippen LogP contribution in [0.5, 0.6) is 0 Å². The minimum absolute atomic E-state index is 0.0897. The molecular weight excluding hydrogens is 408 g/mol. The molecule has 5 rings (SSSR count). The molecule has 1 aliphatic rings. The molecule has 1 aliphatic carbocycles. The van der Waals surface area contributed by atoms with Crippen molar-refractivity contribution in [2.24, 2.45) is 0 Å². The second-order valence-corrected chi connectivity index (χ2v) is 9.98. The number of hydrogen-bond donors (Lipinski definition) is 1. The average Bonchev–Trinajstić information content (AvgIpc) is 3.48. The molecule has 2 aromatic heterocycles. The molecule has 0 aliphatic heterocycles. The third-order valence-electron chi connectivity index (χ3n) is 5.57. The van der Waals surface area contributed by atoms with E-state index in [4.69, 9.17) is 9.97 Å². The fourth-order valence-electron chi connectivity index (χ4n) is 3.86. The molecule has 0 bridgehead atoms. The number of anilines is 1. The van der Waals surface area contributed by atoms with Gasteiger partial charge in [-0.25, -0.2) is 22.4 Å². The smallest absolute Gasteiger partial charge is 0.244 e. The van der Waals surface area contributed by atoms with Crippen LogP contribution >= 0.6 is 0 Å². The van der Waals surface area contributed by atoms with E-state index < -0.39 is 10.0 Å². The van der Waals surface area contributed by atoms with Gasteiger partial charge in [0.1, 0.15) is 5.82 Å². The minimum atomic E-state index is -3.67. The molecule has 0 atom stereocenters. The molecule has 158 valence electrons. The van der Waals surface area contributed by atoms with Crippen molar-refractivity contribution in [2.75, 3.05) is 5.32 Å². The first kappa shape index (κ1) is 19.8. The second kappa shape index (κ2) is 7.50. The van der Waals surface area contributed by atoms with Gasteiger partial charge in [0.25, 0.3) is 0 Å². The summed E-state index contributed by atoms with van der Waals surface area (Å²) < 4.78 is 28.3. The van der Waals surface area contributed by atoms with E-state index in [1.807, 2.05) is 67.6 Å². The molecule has 7 heteroatoms. The first-order chi connectivity index (χ1) is 14.9. The highest BCUT2D eigenvalue weighted by molar-refractivity contribution is 7.89. The zero-order valence-corrected chi connectivity index (χ0v) is 18.4. The summed E-state index contributed by atoms with van der Waals surface area (Å²) in [6, 6.07) is 19.4. The largest absolute Gasteiger partial charge is 0.367 e. The third kappa shape index (κ3) is 3.81. The lowest BCUT2D eigenvalue weighted by Gasteiger charge is -2.12. The maximum atomic E-state index is 13.4. The predicted molar refractivity (Wildman–Crippen MR) is 124 cm³/mol. The van der Waals surface area contributed by atoms with Gasteiger partial charge in [-0.2, -0.15) is 0 Å². The van der Waals surface area contributed by atoms with Crippen molar-refractivity contribution in [3.05, 3.63) is 77.5 Å². The van der Waals surface area contributed by atoms with E-state index >= 15 is 0 Å². The lowest BCUT2D eigenvalue weighted by atomic mass is 10.1. The predicted octanol–water partition coefficient (Wildman–Crippen LogP) is 4.67. The number of aromatic nitrogens is 3. The van der Waals surface area contributed by atoms with Crippen LogP contribution in [0.1, 0.15) is 29.7 Å². The third-order valence-corrected chi connectivity index (χ3v) is 7.28. The molecular formula is C24H24N4O2S. The van der Waals surface area contributed by atoms with Crippen LogP contribution in [0, 0.1) is 13.8 Å². The van der Waals surface area contributed by atoms with Crippen molar-refractivity contribution in [3.8, 4) is 11.4 Å². The van der Waals surface area contributed by atoms with Crippen LogP contribution in [0.3, 0.4) is 0 Å². The molecule has 1 saturated carbocycles. The Morgan fingerprint density at radius 1 is 1.00 bits per heavy atom. The SMILES string of the molecule is Cc1ccccc1-c1nc(NC2CC2)c2cc(C)n(S(=O)(=O)Cc3ccccc3)c2n1. The van der Waals surface area contributed by atoms with E-state index in [1.54, 1.807) is 6.92 Å². The summed E-state index contributed by atoms with van der Waals surface area (Å²) >= 11 is 0. The van der Waals surface area contributed by atoms with E-state index in [0.717, 1.165) is 34.9 Å². The van der Waals surface area contributed by atoms with Gasteiger partial charge in [0.05, 0.1) is 11.1 Å². The van der Waals surface area contributed by atoms with Gasteiger partial charge >= 0.3 is 0 Å². The van der Waals surface area contributed by atoms with Crippen molar-refractivity contribution in [3.63, 3.8) is 0 Å². The van der Waals surface area contributed by atoms with E-state index in [-0.39, 0.29) is 5.75 Å². The van der Waals surface area contributed by atoms with Gasteiger partial charge in [0, 0.05) is 17.3 Å². The lowest BCUT2D eigenvalue weighted by Crippen LogP contribution is -2.17. The van der Waals surface area contributed by atoms with Crippen LogP contribution < -0.4 is 5.32 Å². The highest BCUT2D eigenvalue weighted by Crippen LogP contribution is 2.33. The first-order valence-corrected chi connectivity index (χ1v) is 12.0. The summed E-state index contributed by atoms with van der Waals surface area (Å²) in [5, 5.41) is 4.21. The summed E-state index contributed by atoms with van der Waals surface area (Å²) in [5.74, 6) is 1.14. The minimum Gasteiger partial charge on any atom is -0.367 e. The molecule has 0 unspecified atom stereocenters. The fourth-order valence-corrected chi connectivity index (χ4v) is 5.49. The Kier molecular flexibility index (Phi) is 4.78. The number of nitrogens with zero attached hydrogens (tertiary/aromatic N) is 3. The standard InChI is InChI=1S/C24H24N4O2S/c1-16-8-6-7-11-20(16)22-26-23(25-19-12-13-19)21-14-17(2)28(24(21)27-22)31(29,30)15-18-9-4-3-5-10-18/h3-11,14,19H,12-13,15H2,1-2H3,(H,25,26,27). The van der Waals surface area contributed by atoms with Gasteiger partial charge in [-0.05, 0) is 43.9 Å². The summed E-state index contributed by atoms with van der Waals surface area (Å²) in [6.45, 7) is 3.81. The highest BCUT2D eigenvalue weighted by atomic mass is 32.2. The van der Waals surface area contributed by atoms with Crippen LogP contribution in [-0.4, -0.2) is 28.4 Å². The van der Waals surface area contributed by atoms with Crippen molar-refractivity contribution < 1.29 is 8.42 Å². The molecule has 4 aromatic rings. The number of nitrogens with one attached hydrogen (secondary N) is 1. The molecule has 0 radical (unpaired) electrons. The fraction of sp³-hybridized carbons (Fsp3) is 0.250. The summed E-state index contributed by atoms with van der Waals surface area (Å²) in [4.78, 5) is 9.56. The first-order valence-electron chi connectivity index (χ1n) is 10.4. The zero-order valence-electron chi connectivity index (χ0n) is 17.5. The molecule has 1 N–H and O–H groups in total. The summed E-state index contributed by atoms with van der Waals surface area (Å²) in [5.41, 5.74) is 3.73. The normalized spacial score (nSPS) is 14.1. The van der Waals surface area contributed by atoms with Crippen molar-refractivity contribution in [1.29, 1.82) is 0 Å². The lowest BCUT2D eigenvalue weighted by molar-refractivity contribution is 0.587. The van der Waals surface area contributed by atoms with Gasteiger partial charge in [-0.15, -0.1) is 0 Å². The number of rotatable bonds is 6. The van der Waals surface area contributed by atoms with Crippen LogP contribution in [0.2, 0.25) is 0 Å². The molecule has 2 aromatic carbocycles. The summed E-state index contributed by atoms with van der Waals surface area (Å²) in [7, 11) is -3.67. The van der Waals surface area contributed by atoms with Gasteiger partial charge in [-0.1, -0.05) is 54.6 Å². The molecule has 6 nitrogen and oxygen atoms in total. The van der Waals surface area contributed by atoms with Crippen molar-refractivity contribution >= 4 is 26.9 Å². The Hall–Kier alpha value is -3.19. The van der Waals surface area contributed by atoms with Gasteiger partial charge in [0.15, 0.2) is 11.5 Å². The molecule has 1 fully saturated rings. The molecule has 0 spiro atoms. The van der Waals surface area contributed by atoms with E-state index in [2.05, 4.69) is 5.32 Å².